The van der Waals surface area contributed by atoms with Gasteiger partial charge in [0, 0.05) is 47.7 Å². The minimum atomic E-state index is -1.48. The monoisotopic (exact) mass is 881 g/mol. The first-order valence-corrected chi connectivity index (χ1v) is 22.7. The quantitative estimate of drug-likeness (QED) is 0.0991. The minimum absolute atomic E-state index is 0.0439. The third kappa shape index (κ3) is 17.4. The van der Waals surface area contributed by atoms with Crippen LogP contribution in [-0.4, -0.2) is 175 Å². The Hall–Kier alpha value is -3.83. The molecular formula is C45H84N8O9. The number of aliphatic hydroxyl groups excluding tert-OH is 1. The maximum atomic E-state index is 14.7. The highest BCUT2D eigenvalue weighted by molar-refractivity contribution is 5.96. The molecule has 17 nitrogen and oxygen atoms in total. The predicted octanol–water partition coefficient (Wildman–Crippen LogP) is 1.94. The molecule has 62 heavy (non-hydrogen) atoms. The van der Waals surface area contributed by atoms with Gasteiger partial charge in [0.25, 0.3) is 0 Å². The van der Waals surface area contributed by atoms with E-state index in [0.717, 1.165) is 22.9 Å². The lowest BCUT2D eigenvalue weighted by Crippen LogP contribution is -2.63. The van der Waals surface area contributed by atoms with Crippen molar-refractivity contribution >= 4 is 41.4 Å². The van der Waals surface area contributed by atoms with Crippen LogP contribution in [0, 0.1) is 35.5 Å². The first kappa shape index (κ1) is 56.2. The molecular weight excluding hydrogens is 797 g/mol. The van der Waals surface area contributed by atoms with Crippen molar-refractivity contribution in [3.63, 3.8) is 0 Å². The molecule has 17 heteroatoms. The van der Waals surface area contributed by atoms with E-state index in [1.165, 1.54) is 38.0 Å². The number of carbonyl (C=O) groups is 7. The first-order valence-electron chi connectivity index (χ1n) is 22.7. The summed E-state index contributed by atoms with van der Waals surface area (Å²) in [5, 5.41) is 17.7. The largest absolute Gasteiger partial charge is 0.390 e. The van der Waals surface area contributed by atoms with E-state index in [9.17, 15) is 38.7 Å². The molecule has 7 amide bonds. The van der Waals surface area contributed by atoms with Crippen LogP contribution >= 0.6 is 0 Å². The molecule has 1 unspecified atom stereocenters. The fourth-order valence-corrected chi connectivity index (χ4v) is 7.69. The molecule has 1 aliphatic heterocycles. The lowest BCUT2D eigenvalue weighted by Gasteiger charge is -2.40. The molecule has 358 valence electrons. The number of carbonyl (C=O) groups excluding carboxylic acids is 7. The van der Waals surface area contributed by atoms with Crippen molar-refractivity contribution < 1.29 is 43.4 Å². The summed E-state index contributed by atoms with van der Waals surface area (Å²) >= 11 is 0. The van der Waals surface area contributed by atoms with Crippen molar-refractivity contribution in [1.82, 2.24) is 35.1 Å². The average molecular weight is 881 g/mol. The molecule has 0 radical (unpaired) electrons. The number of nitrogens with zero attached hydrogens (tertiary/aromatic N) is 5. The first-order chi connectivity index (χ1) is 28.8. The molecule has 1 rings (SSSR count). The third-order valence-electron chi connectivity index (χ3n) is 12.2. The summed E-state index contributed by atoms with van der Waals surface area (Å²) in [5.74, 6) is -4.30. The number of hydrogen-bond acceptors (Lipinski definition) is 10. The normalized spacial score (nSPS) is 17.4. The number of aliphatic hydroxyl groups is 1. The van der Waals surface area contributed by atoms with Crippen LogP contribution in [-0.2, 0) is 38.3 Å². The van der Waals surface area contributed by atoms with E-state index in [4.69, 9.17) is 10.5 Å². The zero-order valence-corrected chi connectivity index (χ0v) is 40.7. The number of hydrogen-bond donors (Lipinski definition) is 4. The Kier molecular flexibility index (Phi) is 24.2. The number of morpholine rings is 1. The molecule has 5 N–H and O–H groups in total. The van der Waals surface area contributed by atoms with E-state index >= 15 is 0 Å². The highest BCUT2D eigenvalue weighted by atomic mass is 16.5. The number of ether oxygens (including phenoxy) is 1. The fraction of sp³-hybridized carbons (Fsp3) is 0.844. The highest BCUT2D eigenvalue weighted by Crippen LogP contribution is 2.23. The number of amides is 7. The summed E-state index contributed by atoms with van der Waals surface area (Å²) in [7, 11) is 5.80. The molecule has 0 bridgehead atoms. The summed E-state index contributed by atoms with van der Waals surface area (Å²) in [5.41, 5.74) is 5.60. The van der Waals surface area contributed by atoms with Gasteiger partial charge in [0.05, 0.1) is 25.9 Å². The number of likely N-dealkylation sites (N-methyl/N-ethyl adjacent to an activating group) is 4. The summed E-state index contributed by atoms with van der Waals surface area (Å²) in [6.45, 7) is 23.7. The summed E-state index contributed by atoms with van der Waals surface area (Å²) < 4.78 is 5.48. The Morgan fingerprint density at radius 2 is 1.24 bits per heavy atom. The fourth-order valence-electron chi connectivity index (χ4n) is 7.69. The van der Waals surface area contributed by atoms with Gasteiger partial charge in [0.2, 0.25) is 41.4 Å². The summed E-state index contributed by atoms with van der Waals surface area (Å²) in [4.78, 5) is 103. The second kappa shape index (κ2) is 26.7. The van der Waals surface area contributed by atoms with Gasteiger partial charge in [-0.3, -0.25) is 38.5 Å². The van der Waals surface area contributed by atoms with Gasteiger partial charge in [0.1, 0.15) is 30.2 Å². The van der Waals surface area contributed by atoms with Crippen LogP contribution in [0.5, 0.6) is 0 Å². The Balaban J connectivity index is 3.52. The van der Waals surface area contributed by atoms with E-state index in [1.54, 1.807) is 27.7 Å². The number of rotatable bonds is 26. The molecule has 0 aromatic carbocycles. The van der Waals surface area contributed by atoms with Crippen molar-refractivity contribution in [3.05, 3.63) is 0 Å². The van der Waals surface area contributed by atoms with Crippen molar-refractivity contribution in [2.24, 2.45) is 41.2 Å². The molecule has 0 spiro atoms. The molecule has 8 atom stereocenters. The topological polar surface area (TPSA) is 215 Å². The second-order valence-electron chi connectivity index (χ2n) is 19.1. The van der Waals surface area contributed by atoms with Crippen LogP contribution in [0.4, 0.5) is 0 Å². The van der Waals surface area contributed by atoms with Crippen molar-refractivity contribution in [2.45, 2.75) is 145 Å². The Morgan fingerprint density at radius 3 is 1.73 bits per heavy atom. The Labute approximate surface area is 372 Å². The van der Waals surface area contributed by atoms with Crippen LogP contribution in [0.15, 0.2) is 0 Å². The second-order valence-corrected chi connectivity index (χ2v) is 19.1. The molecule has 0 aromatic rings. The van der Waals surface area contributed by atoms with Crippen LogP contribution in [0.1, 0.15) is 108 Å². The van der Waals surface area contributed by atoms with Crippen LogP contribution < -0.4 is 16.4 Å². The molecule has 0 saturated carbocycles. The minimum Gasteiger partial charge on any atom is -0.390 e. The van der Waals surface area contributed by atoms with Crippen molar-refractivity contribution in [3.8, 4) is 0 Å². The van der Waals surface area contributed by atoms with Crippen LogP contribution in [0.2, 0.25) is 0 Å². The SMILES string of the molecule is CC[C@H](NC(=O)[C@H]([C@H](O)[C@H](C)CCN1CCOCC1)N(C)C(=O)[C@H](C(C)C)N(C)C(=O)[C@H](CC(C)C)NC(=O)CC(C)C(C)C)C(=O)N(C)CC(=O)N(C)[C@@H](CC(C)C)C(N)=O. The molecule has 0 aromatic heterocycles. The standard InChI is InChI=1S/C45H84N8O9/c1-16-33(43(59)49(12)26-37(55)50(13)35(41(46)57)24-28(4)5)48-42(58)39(40(56)31(10)17-18-53-19-21-62-22-20-53)52(15)45(61)38(30(8)9)51(14)44(60)34(23-27(2)3)47-36(54)25-32(11)29(6)7/h27-35,38-40,56H,16-26H2,1-15H3,(H2,46,57)(H,47,54)(H,48,58)/t31-,32?,33+,34+,35+,38+,39+,40-/m1/s1. The smallest absolute Gasteiger partial charge is 0.246 e. The number of nitrogens with one attached hydrogen (secondary N) is 2. The van der Waals surface area contributed by atoms with Gasteiger partial charge in [-0.15, -0.1) is 0 Å². The summed E-state index contributed by atoms with van der Waals surface area (Å²) in [6, 6.07) is -5.47. The van der Waals surface area contributed by atoms with Gasteiger partial charge < -0.3 is 45.8 Å². The highest BCUT2D eigenvalue weighted by Gasteiger charge is 2.43. The summed E-state index contributed by atoms with van der Waals surface area (Å²) in [6.07, 6.45) is 0.155. The van der Waals surface area contributed by atoms with Gasteiger partial charge in [-0.2, -0.15) is 0 Å². The van der Waals surface area contributed by atoms with Crippen molar-refractivity contribution in [2.75, 3.05) is 67.6 Å². The maximum Gasteiger partial charge on any atom is 0.246 e. The molecule has 1 fully saturated rings. The predicted molar refractivity (Wildman–Crippen MR) is 240 cm³/mol. The maximum absolute atomic E-state index is 14.7. The van der Waals surface area contributed by atoms with E-state index in [1.807, 2.05) is 48.5 Å². The zero-order chi connectivity index (χ0) is 47.8. The van der Waals surface area contributed by atoms with E-state index in [-0.39, 0.29) is 42.4 Å². The van der Waals surface area contributed by atoms with Gasteiger partial charge in [-0.25, -0.2) is 0 Å². The lowest BCUT2D eigenvalue weighted by atomic mass is 9.91. The van der Waals surface area contributed by atoms with E-state index < -0.39 is 90.1 Å². The molecule has 0 aliphatic carbocycles. The van der Waals surface area contributed by atoms with Crippen LogP contribution in [0.25, 0.3) is 0 Å². The van der Waals surface area contributed by atoms with Gasteiger partial charge >= 0.3 is 0 Å². The average Bonchev–Trinajstić information content (AvgIpc) is 3.19. The molecule has 1 saturated heterocycles. The van der Waals surface area contributed by atoms with Gasteiger partial charge in [-0.1, -0.05) is 76.2 Å². The Bertz CT molecular complexity index is 1470. The van der Waals surface area contributed by atoms with E-state index in [2.05, 4.69) is 15.5 Å². The molecule has 1 heterocycles. The van der Waals surface area contributed by atoms with E-state index in [0.29, 0.717) is 39.0 Å². The lowest BCUT2D eigenvalue weighted by molar-refractivity contribution is -0.154. The zero-order valence-electron chi connectivity index (χ0n) is 40.7. The van der Waals surface area contributed by atoms with Crippen LogP contribution in [0.3, 0.4) is 0 Å². The van der Waals surface area contributed by atoms with Crippen molar-refractivity contribution in [1.29, 1.82) is 0 Å². The number of nitrogens with two attached hydrogens (primary N) is 1. The molecule has 1 aliphatic rings. The van der Waals surface area contributed by atoms with Gasteiger partial charge in [-0.05, 0) is 67.7 Å². The third-order valence-corrected chi connectivity index (χ3v) is 12.2. The number of primary amides is 1. The Morgan fingerprint density at radius 1 is 0.694 bits per heavy atom. The van der Waals surface area contributed by atoms with Gasteiger partial charge in [0.15, 0.2) is 0 Å².